The van der Waals surface area contributed by atoms with Crippen LogP contribution in [0.5, 0.6) is 5.75 Å². The van der Waals surface area contributed by atoms with Crippen molar-refractivity contribution in [3.63, 3.8) is 0 Å². The largest absolute Gasteiger partial charge is 0.486 e. The molecule has 2 nitrogen and oxygen atoms in total. The molecule has 6 heteroatoms. The summed E-state index contributed by atoms with van der Waals surface area (Å²) >= 11 is 4.72. The summed E-state index contributed by atoms with van der Waals surface area (Å²) in [6.45, 7) is -0.155. The fraction of sp³-hybridized carbons (Fsp3) is 0.0714. The lowest BCUT2D eigenvalue weighted by molar-refractivity contribution is 0.289. The van der Waals surface area contributed by atoms with E-state index in [0.29, 0.717) is 5.56 Å². The maximum absolute atomic E-state index is 13.7. The molecule has 0 aromatic heterocycles. The lowest BCUT2D eigenvalue weighted by Crippen LogP contribution is -2.09. The summed E-state index contributed by atoms with van der Waals surface area (Å²) in [6.07, 6.45) is 0. The van der Waals surface area contributed by atoms with Crippen molar-refractivity contribution in [2.75, 3.05) is 0 Å². The van der Waals surface area contributed by atoms with Crippen molar-refractivity contribution in [2.45, 2.75) is 6.61 Å². The predicted molar refractivity (Wildman–Crippen MR) is 73.0 cm³/mol. The van der Waals surface area contributed by atoms with Gasteiger partial charge in [0.05, 0.1) is 0 Å². The van der Waals surface area contributed by atoms with Crippen molar-refractivity contribution in [3.05, 3.63) is 65.0 Å². The van der Waals surface area contributed by atoms with E-state index < -0.39 is 17.5 Å². The van der Waals surface area contributed by atoms with Gasteiger partial charge in [0.2, 0.25) is 0 Å². The third-order valence-corrected chi connectivity index (χ3v) is 2.77. The molecule has 2 aromatic carbocycles. The van der Waals surface area contributed by atoms with Crippen LogP contribution in [0.25, 0.3) is 0 Å². The molecule has 2 rings (SSSR count). The Morgan fingerprint density at radius 1 is 1.05 bits per heavy atom. The van der Waals surface area contributed by atoms with Gasteiger partial charge >= 0.3 is 0 Å². The maximum atomic E-state index is 13.7. The molecule has 20 heavy (non-hydrogen) atoms. The van der Waals surface area contributed by atoms with E-state index in [1.165, 1.54) is 12.1 Å². The highest BCUT2D eigenvalue weighted by Gasteiger charge is 2.07. The summed E-state index contributed by atoms with van der Waals surface area (Å²) in [4.78, 5) is 0.0719. The monoisotopic (exact) mass is 297 g/mol. The van der Waals surface area contributed by atoms with Crippen LogP contribution in [0.3, 0.4) is 0 Å². The van der Waals surface area contributed by atoms with Gasteiger partial charge in [-0.05, 0) is 35.9 Å². The van der Waals surface area contributed by atoms with Gasteiger partial charge in [0, 0.05) is 11.6 Å². The highest BCUT2D eigenvalue weighted by molar-refractivity contribution is 7.80. The van der Waals surface area contributed by atoms with Crippen molar-refractivity contribution in [2.24, 2.45) is 5.73 Å². The van der Waals surface area contributed by atoms with Crippen LogP contribution < -0.4 is 10.5 Å². The van der Waals surface area contributed by atoms with Crippen molar-refractivity contribution < 1.29 is 17.9 Å². The number of hydrogen-bond acceptors (Lipinski definition) is 2. The second kappa shape index (κ2) is 5.92. The van der Waals surface area contributed by atoms with Gasteiger partial charge in [-0.1, -0.05) is 12.2 Å². The third-order valence-electron chi connectivity index (χ3n) is 2.53. The molecule has 0 aliphatic heterocycles. The molecule has 0 saturated heterocycles. The van der Waals surface area contributed by atoms with E-state index in [2.05, 4.69) is 0 Å². The summed E-state index contributed by atoms with van der Waals surface area (Å²) < 4.78 is 44.8. The van der Waals surface area contributed by atoms with Gasteiger partial charge in [-0.2, -0.15) is 0 Å². The van der Waals surface area contributed by atoms with Gasteiger partial charge in [-0.3, -0.25) is 0 Å². The molecule has 0 aliphatic carbocycles. The fourth-order valence-electron chi connectivity index (χ4n) is 1.63. The lowest BCUT2D eigenvalue weighted by atomic mass is 10.2. The number of thiocarbonyl (C=S) groups is 1. The van der Waals surface area contributed by atoms with E-state index in [1.807, 2.05) is 0 Å². The Bertz CT molecular complexity index is 641. The number of halogens is 3. The molecule has 2 aromatic rings. The van der Waals surface area contributed by atoms with Crippen LogP contribution in [0.1, 0.15) is 11.1 Å². The Morgan fingerprint density at radius 3 is 2.25 bits per heavy atom. The van der Waals surface area contributed by atoms with Crippen LogP contribution in [0, 0.1) is 17.5 Å². The smallest absolute Gasteiger partial charge is 0.165 e. The second-order valence-electron chi connectivity index (χ2n) is 4.08. The Kier molecular flexibility index (Phi) is 4.24. The highest BCUT2D eigenvalue weighted by Crippen LogP contribution is 2.20. The average molecular weight is 297 g/mol. The minimum absolute atomic E-state index is 0.0466. The third kappa shape index (κ3) is 3.48. The number of ether oxygens (including phenoxy) is 1. The van der Waals surface area contributed by atoms with E-state index in [9.17, 15) is 13.2 Å². The Hall–Kier alpha value is -2.08. The molecule has 0 spiro atoms. The zero-order valence-electron chi connectivity index (χ0n) is 10.2. The van der Waals surface area contributed by atoms with Crippen molar-refractivity contribution in [1.82, 2.24) is 0 Å². The molecule has 0 bridgehead atoms. The van der Waals surface area contributed by atoms with Crippen molar-refractivity contribution in [1.29, 1.82) is 0 Å². The summed E-state index contributed by atoms with van der Waals surface area (Å²) in [5.41, 5.74) is 6.01. The standard InChI is InChI=1S/C14H10F3NOS/c15-10-3-8(4-11(16)6-10)7-19-13-2-1-9(14(18)20)5-12(13)17/h1-6H,7H2,(H2,18,20). The Balaban J connectivity index is 2.12. The number of hydrogen-bond donors (Lipinski definition) is 1. The van der Waals surface area contributed by atoms with Crippen LogP contribution in [-0.2, 0) is 6.61 Å². The summed E-state index contributed by atoms with van der Waals surface area (Å²) in [5, 5.41) is 0. The van der Waals surface area contributed by atoms with Crippen molar-refractivity contribution >= 4 is 17.2 Å². The van der Waals surface area contributed by atoms with E-state index in [1.54, 1.807) is 0 Å². The summed E-state index contributed by atoms with van der Waals surface area (Å²) in [6, 6.07) is 6.99. The van der Waals surface area contributed by atoms with Crippen molar-refractivity contribution in [3.8, 4) is 5.75 Å². The first-order valence-corrected chi connectivity index (χ1v) is 6.03. The first-order valence-electron chi connectivity index (χ1n) is 5.63. The number of rotatable bonds is 4. The molecule has 0 saturated carbocycles. The minimum atomic E-state index is -0.715. The topological polar surface area (TPSA) is 35.2 Å². The van der Waals surface area contributed by atoms with Crippen LogP contribution in [0.4, 0.5) is 13.2 Å². The van der Waals surface area contributed by atoms with Gasteiger partial charge in [0.15, 0.2) is 11.6 Å². The van der Waals surface area contributed by atoms with Gasteiger partial charge in [-0.15, -0.1) is 0 Å². The normalized spacial score (nSPS) is 10.3. The van der Waals surface area contributed by atoms with Crippen LogP contribution in [0.2, 0.25) is 0 Å². The molecule has 0 atom stereocenters. The Morgan fingerprint density at radius 2 is 1.70 bits per heavy atom. The lowest BCUT2D eigenvalue weighted by Gasteiger charge is -2.08. The molecule has 0 radical (unpaired) electrons. The van der Waals surface area contributed by atoms with E-state index in [-0.39, 0.29) is 22.9 Å². The molecule has 0 amide bonds. The molecule has 0 heterocycles. The molecule has 0 aliphatic rings. The highest BCUT2D eigenvalue weighted by atomic mass is 32.1. The maximum Gasteiger partial charge on any atom is 0.165 e. The van der Waals surface area contributed by atoms with E-state index in [4.69, 9.17) is 22.7 Å². The van der Waals surface area contributed by atoms with Crippen LogP contribution >= 0.6 is 12.2 Å². The van der Waals surface area contributed by atoms with Gasteiger partial charge < -0.3 is 10.5 Å². The molecular formula is C14H10F3NOS. The first kappa shape index (κ1) is 14.3. The molecule has 0 fully saturated rings. The molecule has 2 N–H and O–H groups in total. The van der Waals surface area contributed by atoms with Crippen LogP contribution in [0.15, 0.2) is 36.4 Å². The quantitative estimate of drug-likeness (QED) is 0.879. The zero-order chi connectivity index (χ0) is 14.7. The van der Waals surface area contributed by atoms with Gasteiger partial charge in [0.1, 0.15) is 23.2 Å². The first-order chi connectivity index (χ1) is 9.45. The summed E-state index contributed by atoms with van der Waals surface area (Å²) in [7, 11) is 0. The zero-order valence-corrected chi connectivity index (χ0v) is 11.0. The second-order valence-corrected chi connectivity index (χ2v) is 4.52. The predicted octanol–water partition coefficient (Wildman–Crippen LogP) is 3.32. The van der Waals surface area contributed by atoms with E-state index >= 15 is 0 Å². The SMILES string of the molecule is NC(=S)c1ccc(OCc2cc(F)cc(F)c2)c(F)c1. The fourth-order valence-corrected chi connectivity index (χ4v) is 1.75. The average Bonchev–Trinajstić information content (AvgIpc) is 2.36. The van der Waals surface area contributed by atoms with Gasteiger partial charge in [-0.25, -0.2) is 13.2 Å². The number of nitrogens with two attached hydrogens (primary N) is 1. The molecule has 0 unspecified atom stereocenters. The molecular weight excluding hydrogens is 287 g/mol. The van der Waals surface area contributed by atoms with Crippen LogP contribution in [-0.4, -0.2) is 4.99 Å². The number of benzene rings is 2. The summed E-state index contributed by atoms with van der Waals surface area (Å²) in [5.74, 6) is -2.12. The Labute approximate surface area is 119 Å². The molecule has 104 valence electrons. The minimum Gasteiger partial charge on any atom is -0.486 e. The van der Waals surface area contributed by atoms with Gasteiger partial charge in [0.25, 0.3) is 0 Å². The van der Waals surface area contributed by atoms with E-state index in [0.717, 1.165) is 24.3 Å².